The lowest BCUT2D eigenvalue weighted by molar-refractivity contribution is -0.123. The van der Waals surface area contributed by atoms with E-state index in [0.29, 0.717) is 36.6 Å². The summed E-state index contributed by atoms with van der Waals surface area (Å²) in [6, 6.07) is 10.6. The Bertz CT molecular complexity index is 1110. The molecule has 0 saturated carbocycles. The van der Waals surface area contributed by atoms with Gasteiger partial charge < -0.3 is 14.5 Å². The zero-order valence-electron chi connectivity index (χ0n) is 16.6. The number of rotatable bonds is 3. The van der Waals surface area contributed by atoms with Crippen molar-refractivity contribution < 1.29 is 14.3 Å². The number of hydrogen-bond donors (Lipinski definition) is 0. The fourth-order valence-corrected chi connectivity index (χ4v) is 4.02. The molecule has 1 aromatic carbocycles. The average molecular weight is 403 g/mol. The van der Waals surface area contributed by atoms with Crippen molar-refractivity contribution in [3.63, 3.8) is 0 Å². The van der Waals surface area contributed by atoms with Crippen LogP contribution < -0.4 is 9.64 Å². The van der Waals surface area contributed by atoms with Crippen molar-refractivity contribution in [3.05, 3.63) is 71.8 Å². The summed E-state index contributed by atoms with van der Waals surface area (Å²) in [6.45, 7) is 1.11. The Labute approximate surface area is 173 Å². The molecule has 0 radical (unpaired) electrons. The Morgan fingerprint density at radius 3 is 2.87 bits per heavy atom. The van der Waals surface area contributed by atoms with Crippen molar-refractivity contribution >= 4 is 17.5 Å². The number of likely N-dealkylation sites (N-methyl/N-ethyl adjacent to an activating group) is 1. The molecular weight excluding hydrogens is 382 g/mol. The Hall–Kier alpha value is -3.68. The summed E-state index contributed by atoms with van der Waals surface area (Å²) in [5.74, 6) is 0.246. The van der Waals surface area contributed by atoms with Crippen molar-refractivity contribution in [2.45, 2.75) is 19.0 Å². The van der Waals surface area contributed by atoms with E-state index in [0.717, 1.165) is 11.1 Å². The predicted octanol–water partition coefficient (Wildman–Crippen LogP) is 1.75. The molecule has 2 aromatic heterocycles. The molecule has 0 fully saturated rings. The highest BCUT2D eigenvalue weighted by atomic mass is 16.5. The minimum atomic E-state index is -0.688. The van der Waals surface area contributed by atoms with Gasteiger partial charge in [-0.1, -0.05) is 18.2 Å². The van der Waals surface area contributed by atoms with Gasteiger partial charge in [0.1, 0.15) is 18.4 Å². The third kappa shape index (κ3) is 3.10. The molecule has 2 amide bonds. The van der Waals surface area contributed by atoms with Gasteiger partial charge >= 0.3 is 0 Å². The summed E-state index contributed by atoms with van der Waals surface area (Å²) in [6.07, 6.45) is 6.06. The number of carbonyl (C=O) groups is 2. The lowest BCUT2D eigenvalue weighted by Crippen LogP contribution is -2.54. The lowest BCUT2D eigenvalue weighted by Gasteiger charge is -2.33. The second kappa shape index (κ2) is 7.29. The van der Waals surface area contributed by atoms with E-state index in [4.69, 9.17) is 4.74 Å². The topological polar surface area (TPSA) is 80.6 Å². The molecule has 0 unspecified atom stereocenters. The van der Waals surface area contributed by atoms with Crippen LogP contribution in [0.15, 0.2) is 55.0 Å². The first-order valence-electron chi connectivity index (χ1n) is 9.87. The lowest BCUT2D eigenvalue weighted by atomic mass is 10.0. The van der Waals surface area contributed by atoms with Gasteiger partial charge in [0, 0.05) is 37.7 Å². The largest absolute Gasteiger partial charge is 0.489 e. The smallest absolute Gasteiger partial charge is 0.275 e. The van der Waals surface area contributed by atoms with E-state index < -0.39 is 6.04 Å². The van der Waals surface area contributed by atoms with E-state index in [2.05, 4.69) is 10.1 Å². The summed E-state index contributed by atoms with van der Waals surface area (Å²) in [5.41, 5.74) is 3.02. The highest BCUT2D eigenvalue weighted by molar-refractivity contribution is 6.03. The number of benzene rings is 1. The predicted molar refractivity (Wildman–Crippen MR) is 109 cm³/mol. The van der Waals surface area contributed by atoms with Crippen molar-refractivity contribution in [1.29, 1.82) is 0 Å². The molecule has 3 aromatic rings. The van der Waals surface area contributed by atoms with Crippen LogP contribution in [0.5, 0.6) is 5.75 Å². The van der Waals surface area contributed by atoms with Gasteiger partial charge in [-0.15, -0.1) is 0 Å². The minimum Gasteiger partial charge on any atom is -0.489 e. The Kier molecular flexibility index (Phi) is 4.46. The maximum atomic E-state index is 13.2. The fourth-order valence-electron chi connectivity index (χ4n) is 4.02. The number of amides is 2. The van der Waals surface area contributed by atoms with E-state index in [1.54, 1.807) is 33.9 Å². The summed E-state index contributed by atoms with van der Waals surface area (Å²) < 4.78 is 7.65. The molecule has 5 rings (SSSR count). The molecule has 2 aliphatic rings. The minimum absolute atomic E-state index is 0.123. The maximum absolute atomic E-state index is 13.2. The number of anilines is 1. The van der Waals surface area contributed by atoms with E-state index in [1.165, 1.54) is 0 Å². The standard InChI is InChI=1S/C22H21N5O3/c1-25-17-6-2-3-7-19(17)30-14-18(21(25)28)27-10-8-16-13-26(24-20(16)22(27)29)12-15-5-4-9-23-11-15/h2-7,9,11,13,18H,8,10,12,14H2,1H3/t18-/m0/s1. The number of para-hydroxylation sites is 2. The van der Waals surface area contributed by atoms with Crippen LogP contribution in [0.3, 0.4) is 0 Å². The number of fused-ring (bicyclic) bond motifs is 2. The molecule has 0 aliphatic carbocycles. The Morgan fingerprint density at radius 2 is 2.03 bits per heavy atom. The number of nitrogens with zero attached hydrogens (tertiary/aromatic N) is 5. The monoisotopic (exact) mass is 403 g/mol. The van der Waals surface area contributed by atoms with Gasteiger partial charge in [-0.25, -0.2) is 0 Å². The van der Waals surface area contributed by atoms with Crippen LogP contribution in [0.25, 0.3) is 0 Å². The van der Waals surface area contributed by atoms with Gasteiger partial charge in [-0.05, 0) is 30.2 Å². The van der Waals surface area contributed by atoms with Crippen LogP contribution in [0, 0.1) is 0 Å². The van der Waals surface area contributed by atoms with E-state index in [-0.39, 0.29) is 18.4 Å². The first-order valence-corrected chi connectivity index (χ1v) is 9.87. The average Bonchev–Trinajstić information content (AvgIpc) is 3.13. The third-order valence-corrected chi connectivity index (χ3v) is 5.61. The van der Waals surface area contributed by atoms with Crippen LogP contribution in [-0.4, -0.2) is 57.7 Å². The van der Waals surface area contributed by atoms with Crippen LogP contribution in [0.2, 0.25) is 0 Å². The number of aromatic nitrogens is 3. The van der Waals surface area contributed by atoms with Crippen molar-refractivity contribution in [2.75, 3.05) is 25.1 Å². The van der Waals surface area contributed by atoms with E-state index in [1.807, 2.05) is 42.6 Å². The molecule has 152 valence electrons. The number of carbonyl (C=O) groups excluding carboxylic acids is 2. The van der Waals surface area contributed by atoms with Crippen LogP contribution >= 0.6 is 0 Å². The first-order chi connectivity index (χ1) is 14.6. The van der Waals surface area contributed by atoms with Crippen LogP contribution in [0.4, 0.5) is 5.69 Å². The van der Waals surface area contributed by atoms with Crippen LogP contribution in [0.1, 0.15) is 21.6 Å². The summed E-state index contributed by atoms with van der Waals surface area (Å²) in [7, 11) is 1.71. The molecule has 2 aliphatic heterocycles. The quantitative estimate of drug-likeness (QED) is 0.666. The summed E-state index contributed by atoms with van der Waals surface area (Å²) in [5, 5.41) is 4.51. The third-order valence-electron chi connectivity index (χ3n) is 5.61. The number of ether oxygens (including phenoxy) is 1. The molecule has 0 saturated heterocycles. The summed E-state index contributed by atoms with van der Waals surface area (Å²) in [4.78, 5) is 33.6. The Morgan fingerprint density at radius 1 is 1.17 bits per heavy atom. The molecule has 1 atom stereocenters. The van der Waals surface area contributed by atoms with Gasteiger partial charge in [0.2, 0.25) is 0 Å². The maximum Gasteiger partial charge on any atom is 0.275 e. The zero-order chi connectivity index (χ0) is 20.7. The second-order valence-electron chi connectivity index (χ2n) is 7.50. The SMILES string of the molecule is CN1C(=O)[C@@H](N2CCc3cn(Cc4cccnc4)nc3C2=O)COc2ccccc21. The van der Waals surface area contributed by atoms with Gasteiger partial charge in [0.15, 0.2) is 5.69 Å². The molecule has 0 bridgehead atoms. The van der Waals surface area contributed by atoms with Crippen LogP contribution in [-0.2, 0) is 17.8 Å². The van der Waals surface area contributed by atoms with Crippen molar-refractivity contribution in [2.24, 2.45) is 0 Å². The van der Waals surface area contributed by atoms with Gasteiger partial charge in [0.25, 0.3) is 11.8 Å². The molecule has 0 N–H and O–H groups in total. The van der Waals surface area contributed by atoms with Gasteiger partial charge in [-0.2, -0.15) is 5.10 Å². The second-order valence-corrected chi connectivity index (χ2v) is 7.50. The molecular formula is C22H21N5O3. The Balaban J connectivity index is 1.39. The highest BCUT2D eigenvalue weighted by Gasteiger charge is 2.39. The fraction of sp³-hybridized carbons (Fsp3) is 0.273. The molecule has 30 heavy (non-hydrogen) atoms. The molecule has 4 heterocycles. The summed E-state index contributed by atoms with van der Waals surface area (Å²) >= 11 is 0. The van der Waals surface area contributed by atoms with E-state index >= 15 is 0 Å². The van der Waals surface area contributed by atoms with E-state index in [9.17, 15) is 9.59 Å². The number of pyridine rings is 1. The van der Waals surface area contributed by atoms with Crippen molar-refractivity contribution in [3.8, 4) is 5.75 Å². The van der Waals surface area contributed by atoms with Gasteiger partial charge in [-0.3, -0.25) is 19.3 Å². The van der Waals surface area contributed by atoms with Gasteiger partial charge in [0.05, 0.1) is 12.2 Å². The highest BCUT2D eigenvalue weighted by Crippen LogP contribution is 2.32. The molecule has 8 heteroatoms. The molecule has 8 nitrogen and oxygen atoms in total. The first kappa shape index (κ1) is 18.4. The van der Waals surface area contributed by atoms with Crippen molar-refractivity contribution in [1.82, 2.24) is 19.7 Å². The molecule has 0 spiro atoms. The number of hydrogen-bond acceptors (Lipinski definition) is 5. The zero-order valence-corrected chi connectivity index (χ0v) is 16.6. The normalized spacial score (nSPS) is 18.5.